The zero-order valence-corrected chi connectivity index (χ0v) is 14.6. The fourth-order valence-corrected chi connectivity index (χ4v) is 3.76. The summed E-state index contributed by atoms with van der Waals surface area (Å²) in [7, 11) is 0. The summed E-state index contributed by atoms with van der Waals surface area (Å²) >= 11 is 5.65. The Bertz CT molecular complexity index is 1550. The van der Waals surface area contributed by atoms with Gasteiger partial charge in [-0.1, -0.05) is 18.2 Å². The first kappa shape index (κ1) is 15.8. The molecule has 0 fully saturated rings. The molecule has 0 spiro atoms. The molecule has 0 saturated carbocycles. The van der Waals surface area contributed by atoms with Gasteiger partial charge in [-0.05, 0) is 48.0 Å². The first-order valence-electron chi connectivity index (χ1n) is 8.28. The number of H-pyrrole nitrogens is 2. The Kier molecular flexibility index (Phi) is 3.23. The molecule has 0 amide bonds. The minimum Gasteiger partial charge on any atom is -0.354 e. The second-order valence-electron chi connectivity index (χ2n) is 6.40. The third-order valence-corrected chi connectivity index (χ3v) is 5.06. The summed E-state index contributed by atoms with van der Waals surface area (Å²) in [6.07, 6.45) is 0. The second kappa shape index (κ2) is 5.53. The topological polar surface area (TPSA) is 82.8 Å². The van der Waals surface area contributed by atoms with Crippen molar-refractivity contribution in [1.82, 2.24) is 9.97 Å². The Morgan fingerprint density at radius 3 is 2.07 bits per heavy atom. The van der Waals surface area contributed by atoms with Crippen LogP contribution in [0.15, 0.2) is 64.2 Å². The van der Waals surface area contributed by atoms with Crippen LogP contribution < -0.4 is 10.9 Å². The Morgan fingerprint density at radius 1 is 0.704 bits per heavy atom. The molecule has 6 heteroatoms. The number of para-hydroxylation sites is 1. The highest BCUT2D eigenvalue weighted by molar-refractivity contribution is 6.68. The standard InChI is InChI=1S/C21H11ClN2O3/c22-21(27)11-5-3-7-15-18(11)20(26)13-9-16-12(8-17(13)24-15)19(25)10-4-1-2-6-14(10)23-16/h1-9H,(H,23,25)(H,24,26). The number of benzene rings is 3. The number of aromatic amines is 2. The quantitative estimate of drug-likeness (QED) is 0.343. The molecule has 0 saturated heterocycles. The monoisotopic (exact) mass is 374 g/mol. The van der Waals surface area contributed by atoms with E-state index in [1.165, 1.54) is 6.07 Å². The van der Waals surface area contributed by atoms with E-state index in [0.29, 0.717) is 38.2 Å². The highest BCUT2D eigenvalue weighted by atomic mass is 35.5. The van der Waals surface area contributed by atoms with Crippen LogP contribution >= 0.6 is 11.6 Å². The van der Waals surface area contributed by atoms with Crippen LogP contribution in [-0.2, 0) is 0 Å². The number of hydrogen-bond acceptors (Lipinski definition) is 3. The van der Waals surface area contributed by atoms with Gasteiger partial charge in [0.05, 0.1) is 21.9 Å². The maximum Gasteiger partial charge on any atom is 0.253 e. The van der Waals surface area contributed by atoms with Gasteiger partial charge >= 0.3 is 0 Å². The van der Waals surface area contributed by atoms with E-state index in [-0.39, 0.29) is 21.8 Å². The van der Waals surface area contributed by atoms with Gasteiger partial charge in [-0.15, -0.1) is 0 Å². The lowest BCUT2D eigenvalue weighted by Crippen LogP contribution is -2.10. The van der Waals surface area contributed by atoms with Crippen LogP contribution in [0.4, 0.5) is 0 Å². The minimum atomic E-state index is -0.689. The van der Waals surface area contributed by atoms with Gasteiger partial charge in [-0.3, -0.25) is 14.4 Å². The highest BCUT2D eigenvalue weighted by Gasteiger charge is 2.15. The maximum absolute atomic E-state index is 13.1. The predicted molar refractivity (Wildman–Crippen MR) is 108 cm³/mol. The van der Waals surface area contributed by atoms with Crippen molar-refractivity contribution >= 4 is 60.5 Å². The van der Waals surface area contributed by atoms with Crippen molar-refractivity contribution in [3.8, 4) is 0 Å². The Hall–Kier alpha value is -3.44. The molecular formula is C21H11ClN2O3. The van der Waals surface area contributed by atoms with Crippen molar-refractivity contribution in [2.45, 2.75) is 0 Å². The lowest BCUT2D eigenvalue weighted by Gasteiger charge is -2.08. The summed E-state index contributed by atoms with van der Waals surface area (Å²) < 4.78 is 0. The van der Waals surface area contributed by atoms with Gasteiger partial charge in [0, 0.05) is 27.2 Å². The van der Waals surface area contributed by atoms with Crippen LogP contribution in [0.25, 0.3) is 43.6 Å². The number of rotatable bonds is 1. The fourth-order valence-electron chi connectivity index (χ4n) is 3.61. The SMILES string of the molecule is O=C(Cl)c1cccc2[nH]c3cc4c(=O)c5ccccc5[nH]c4cc3c(=O)c12. The van der Waals surface area contributed by atoms with Crippen molar-refractivity contribution in [1.29, 1.82) is 0 Å². The molecule has 0 aliphatic heterocycles. The predicted octanol–water partition coefficient (Wildman–Crippen LogP) is 4.06. The summed E-state index contributed by atoms with van der Waals surface area (Å²) in [6.45, 7) is 0. The van der Waals surface area contributed by atoms with Crippen molar-refractivity contribution < 1.29 is 4.79 Å². The molecule has 2 N–H and O–H groups in total. The molecule has 5 nitrogen and oxygen atoms in total. The molecule has 27 heavy (non-hydrogen) atoms. The Balaban J connectivity index is 2.01. The largest absolute Gasteiger partial charge is 0.354 e. The van der Waals surface area contributed by atoms with Crippen molar-refractivity contribution in [3.05, 3.63) is 80.6 Å². The molecule has 0 bridgehead atoms. The summed E-state index contributed by atoms with van der Waals surface area (Å²) in [5.41, 5.74) is 2.03. The van der Waals surface area contributed by atoms with E-state index in [2.05, 4.69) is 9.97 Å². The number of carbonyl (C=O) groups excluding carboxylic acids is 1. The highest BCUT2D eigenvalue weighted by Crippen LogP contribution is 2.23. The van der Waals surface area contributed by atoms with E-state index in [1.54, 1.807) is 30.3 Å². The molecule has 130 valence electrons. The number of nitrogens with one attached hydrogen (secondary N) is 2. The van der Waals surface area contributed by atoms with Gasteiger partial charge in [0.25, 0.3) is 5.24 Å². The van der Waals surface area contributed by atoms with Crippen LogP contribution in [0.2, 0.25) is 0 Å². The van der Waals surface area contributed by atoms with Crippen LogP contribution in [-0.4, -0.2) is 15.2 Å². The first-order chi connectivity index (χ1) is 13.0. The van der Waals surface area contributed by atoms with E-state index in [0.717, 1.165) is 0 Å². The molecule has 0 radical (unpaired) electrons. The van der Waals surface area contributed by atoms with E-state index < -0.39 is 5.24 Å². The average molecular weight is 375 g/mol. The third-order valence-electron chi connectivity index (χ3n) is 4.86. The molecule has 2 aromatic heterocycles. The zero-order chi connectivity index (χ0) is 18.7. The molecule has 0 atom stereocenters. The van der Waals surface area contributed by atoms with Gasteiger partial charge in [0.15, 0.2) is 10.9 Å². The van der Waals surface area contributed by atoms with Crippen LogP contribution in [0.5, 0.6) is 0 Å². The molecule has 5 aromatic rings. The van der Waals surface area contributed by atoms with Gasteiger partial charge < -0.3 is 9.97 Å². The lowest BCUT2D eigenvalue weighted by atomic mass is 10.0. The van der Waals surface area contributed by atoms with Crippen molar-refractivity contribution in [2.75, 3.05) is 0 Å². The summed E-state index contributed by atoms with van der Waals surface area (Å²) in [4.78, 5) is 44.0. The lowest BCUT2D eigenvalue weighted by molar-refractivity contribution is 0.108. The van der Waals surface area contributed by atoms with E-state index >= 15 is 0 Å². The Labute approximate surface area is 156 Å². The van der Waals surface area contributed by atoms with Gasteiger partial charge in [-0.2, -0.15) is 0 Å². The van der Waals surface area contributed by atoms with Gasteiger partial charge in [-0.25, -0.2) is 0 Å². The molecule has 0 unspecified atom stereocenters. The average Bonchev–Trinajstić information content (AvgIpc) is 2.67. The molecule has 2 heterocycles. The number of aromatic nitrogens is 2. The molecule has 0 aliphatic rings. The number of carbonyl (C=O) groups is 1. The Morgan fingerprint density at radius 2 is 1.33 bits per heavy atom. The normalized spacial score (nSPS) is 11.6. The number of pyridine rings is 2. The zero-order valence-electron chi connectivity index (χ0n) is 13.8. The van der Waals surface area contributed by atoms with E-state index in [9.17, 15) is 14.4 Å². The molecule has 5 rings (SSSR count). The third kappa shape index (κ3) is 2.22. The maximum atomic E-state index is 13.1. The minimum absolute atomic E-state index is 0.105. The van der Waals surface area contributed by atoms with E-state index in [4.69, 9.17) is 11.6 Å². The molecule has 0 aliphatic carbocycles. The fraction of sp³-hybridized carbons (Fsp3) is 0. The summed E-state index contributed by atoms with van der Waals surface area (Å²) in [6, 6.07) is 15.4. The van der Waals surface area contributed by atoms with Crippen molar-refractivity contribution in [3.63, 3.8) is 0 Å². The first-order valence-corrected chi connectivity index (χ1v) is 8.66. The smallest absolute Gasteiger partial charge is 0.253 e. The van der Waals surface area contributed by atoms with Gasteiger partial charge in [0.1, 0.15) is 0 Å². The van der Waals surface area contributed by atoms with E-state index in [1.807, 2.05) is 18.2 Å². The van der Waals surface area contributed by atoms with Crippen LogP contribution in [0.1, 0.15) is 10.4 Å². The number of fused-ring (bicyclic) bond motifs is 4. The number of hydrogen-bond donors (Lipinski definition) is 2. The van der Waals surface area contributed by atoms with Crippen LogP contribution in [0, 0.1) is 0 Å². The van der Waals surface area contributed by atoms with Gasteiger partial charge in [0.2, 0.25) is 0 Å². The molecular weight excluding hydrogens is 364 g/mol. The summed E-state index contributed by atoms with van der Waals surface area (Å²) in [5, 5.41) is 1.01. The molecule has 3 aromatic carbocycles. The second-order valence-corrected chi connectivity index (χ2v) is 6.74. The van der Waals surface area contributed by atoms with Crippen LogP contribution in [0.3, 0.4) is 0 Å². The van der Waals surface area contributed by atoms with Crippen molar-refractivity contribution in [2.24, 2.45) is 0 Å². The summed E-state index contributed by atoms with van der Waals surface area (Å²) in [5.74, 6) is 0. The number of halogens is 1.